The molecule has 2 N–H and O–H groups in total. The zero-order valence-electron chi connectivity index (χ0n) is 14.6. The van der Waals surface area contributed by atoms with Gasteiger partial charge in [-0.25, -0.2) is 0 Å². The summed E-state index contributed by atoms with van der Waals surface area (Å²) in [5.74, 6) is 0.684. The summed E-state index contributed by atoms with van der Waals surface area (Å²) in [6.45, 7) is 2.73. The number of carbonyl (C=O) groups is 2. The predicted molar refractivity (Wildman–Crippen MR) is 92.4 cm³/mol. The van der Waals surface area contributed by atoms with E-state index in [1.54, 1.807) is 25.3 Å². The lowest BCUT2D eigenvalue weighted by atomic mass is 10.0. The maximum absolute atomic E-state index is 12.6. The van der Waals surface area contributed by atoms with Crippen LogP contribution in [-0.2, 0) is 9.59 Å². The second kappa shape index (κ2) is 8.04. The van der Waals surface area contributed by atoms with Gasteiger partial charge in [-0.15, -0.1) is 0 Å². The third-order valence-electron chi connectivity index (χ3n) is 4.34. The summed E-state index contributed by atoms with van der Waals surface area (Å²) in [6, 6.07) is 5.15. The second-order valence-electron chi connectivity index (χ2n) is 6.07. The molecule has 132 valence electrons. The Bertz CT molecular complexity index is 597. The third kappa shape index (κ3) is 3.99. The zero-order valence-corrected chi connectivity index (χ0v) is 14.6. The van der Waals surface area contributed by atoms with Crippen molar-refractivity contribution in [2.24, 2.45) is 5.41 Å². The van der Waals surface area contributed by atoms with Crippen molar-refractivity contribution in [3.63, 3.8) is 0 Å². The van der Waals surface area contributed by atoms with Crippen LogP contribution in [0.5, 0.6) is 11.5 Å². The highest BCUT2D eigenvalue weighted by Crippen LogP contribution is 2.47. The van der Waals surface area contributed by atoms with E-state index in [-0.39, 0.29) is 11.8 Å². The lowest BCUT2D eigenvalue weighted by Crippen LogP contribution is -2.40. The van der Waals surface area contributed by atoms with Crippen molar-refractivity contribution >= 4 is 17.5 Å². The number of anilines is 1. The summed E-state index contributed by atoms with van der Waals surface area (Å²) in [5.41, 5.74) is -0.398. The van der Waals surface area contributed by atoms with Crippen LogP contribution < -0.4 is 20.1 Å². The van der Waals surface area contributed by atoms with E-state index in [0.717, 1.165) is 19.3 Å². The number of nitrogens with one attached hydrogen (secondary N) is 2. The summed E-state index contributed by atoms with van der Waals surface area (Å²) >= 11 is 0. The Kier molecular flexibility index (Phi) is 6.06. The highest BCUT2D eigenvalue weighted by molar-refractivity contribution is 6.13. The van der Waals surface area contributed by atoms with Gasteiger partial charge in [-0.3, -0.25) is 9.59 Å². The summed E-state index contributed by atoms with van der Waals surface area (Å²) in [5, 5.41) is 5.70. The molecule has 0 radical (unpaired) electrons. The third-order valence-corrected chi connectivity index (χ3v) is 4.34. The molecule has 1 fully saturated rings. The first-order valence-corrected chi connectivity index (χ1v) is 8.39. The molecule has 1 aromatic rings. The molecule has 0 spiro atoms. The van der Waals surface area contributed by atoms with Gasteiger partial charge in [-0.1, -0.05) is 19.8 Å². The van der Waals surface area contributed by atoms with E-state index in [9.17, 15) is 9.59 Å². The second-order valence-corrected chi connectivity index (χ2v) is 6.07. The van der Waals surface area contributed by atoms with E-state index in [1.165, 1.54) is 7.11 Å². The Morgan fingerprint density at radius 3 is 2.46 bits per heavy atom. The van der Waals surface area contributed by atoms with Crippen molar-refractivity contribution < 1.29 is 19.1 Å². The number of amides is 2. The molecule has 0 bridgehead atoms. The van der Waals surface area contributed by atoms with Gasteiger partial charge in [-0.05, 0) is 31.4 Å². The van der Waals surface area contributed by atoms with Gasteiger partial charge in [0, 0.05) is 12.6 Å². The zero-order chi connectivity index (χ0) is 17.6. The fraction of sp³-hybridized carbons (Fsp3) is 0.556. The summed E-state index contributed by atoms with van der Waals surface area (Å²) in [4.78, 5) is 24.9. The fourth-order valence-corrected chi connectivity index (χ4v) is 2.57. The standard InChI is InChI=1S/C18H26N2O4/c1-4-5-6-11-19-16(21)18(9-10-18)17(22)20-14-8-7-13(23-2)12-15(14)24-3/h7-8,12H,4-6,9-11H2,1-3H3,(H,19,21)(H,20,22). The monoisotopic (exact) mass is 334 g/mol. The number of methoxy groups -OCH3 is 2. The first-order chi connectivity index (χ1) is 11.6. The predicted octanol–water partition coefficient (Wildman–Crippen LogP) is 2.73. The molecule has 1 aromatic carbocycles. The van der Waals surface area contributed by atoms with Gasteiger partial charge in [0.2, 0.25) is 11.8 Å². The van der Waals surface area contributed by atoms with E-state index < -0.39 is 5.41 Å². The molecular weight excluding hydrogens is 308 g/mol. The van der Waals surface area contributed by atoms with Crippen molar-refractivity contribution in [1.82, 2.24) is 5.32 Å². The van der Waals surface area contributed by atoms with Crippen LogP contribution >= 0.6 is 0 Å². The normalized spacial score (nSPS) is 14.6. The van der Waals surface area contributed by atoms with Crippen LogP contribution in [0.4, 0.5) is 5.69 Å². The highest BCUT2D eigenvalue weighted by Gasteiger charge is 2.56. The molecule has 1 saturated carbocycles. The number of benzene rings is 1. The van der Waals surface area contributed by atoms with Gasteiger partial charge < -0.3 is 20.1 Å². The van der Waals surface area contributed by atoms with E-state index in [2.05, 4.69) is 17.6 Å². The number of rotatable bonds is 9. The van der Waals surface area contributed by atoms with Crippen LogP contribution in [0.25, 0.3) is 0 Å². The minimum atomic E-state index is -0.933. The van der Waals surface area contributed by atoms with Crippen molar-refractivity contribution in [2.75, 3.05) is 26.1 Å². The molecule has 2 rings (SSSR count). The Morgan fingerprint density at radius 1 is 1.12 bits per heavy atom. The van der Waals surface area contributed by atoms with E-state index in [4.69, 9.17) is 9.47 Å². The molecular formula is C18H26N2O4. The minimum absolute atomic E-state index is 0.177. The molecule has 0 atom stereocenters. The Labute approximate surface area is 142 Å². The first kappa shape index (κ1) is 18.1. The van der Waals surface area contributed by atoms with Crippen LogP contribution in [0.2, 0.25) is 0 Å². The summed E-state index contributed by atoms with van der Waals surface area (Å²) in [7, 11) is 3.09. The fourth-order valence-electron chi connectivity index (χ4n) is 2.57. The average molecular weight is 334 g/mol. The molecule has 6 heteroatoms. The molecule has 0 heterocycles. The van der Waals surface area contributed by atoms with Crippen LogP contribution in [0.15, 0.2) is 18.2 Å². The maximum atomic E-state index is 12.6. The Morgan fingerprint density at radius 2 is 1.88 bits per heavy atom. The van der Waals surface area contributed by atoms with Gasteiger partial charge in [0.1, 0.15) is 16.9 Å². The lowest BCUT2D eigenvalue weighted by molar-refractivity contribution is -0.134. The van der Waals surface area contributed by atoms with Crippen LogP contribution in [0.1, 0.15) is 39.0 Å². The SMILES string of the molecule is CCCCCNC(=O)C1(C(=O)Nc2ccc(OC)cc2OC)CC1. The molecule has 0 saturated heterocycles. The molecule has 0 unspecified atom stereocenters. The van der Waals surface area contributed by atoms with Crippen molar-refractivity contribution in [3.05, 3.63) is 18.2 Å². The topological polar surface area (TPSA) is 76.7 Å². The molecule has 0 aromatic heterocycles. The molecule has 2 amide bonds. The van der Waals surface area contributed by atoms with E-state index >= 15 is 0 Å². The highest BCUT2D eigenvalue weighted by atomic mass is 16.5. The van der Waals surface area contributed by atoms with Gasteiger partial charge in [0.25, 0.3) is 0 Å². The molecule has 6 nitrogen and oxygen atoms in total. The smallest absolute Gasteiger partial charge is 0.240 e. The lowest BCUT2D eigenvalue weighted by Gasteiger charge is -2.17. The van der Waals surface area contributed by atoms with Crippen LogP contribution in [-0.4, -0.2) is 32.6 Å². The first-order valence-electron chi connectivity index (χ1n) is 8.39. The summed E-state index contributed by atoms with van der Waals surface area (Å²) in [6.07, 6.45) is 4.27. The average Bonchev–Trinajstić information content (AvgIpc) is 3.41. The van der Waals surface area contributed by atoms with E-state index in [1.807, 2.05) is 0 Å². The Hall–Kier alpha value is -2.24. The summed E-state index contributed by atoms with van der Waals surface area (Å²) < 4.78 is 10.4. The quantitative estimate of drug-likeness (QED) is 0.538. The number of unbranched alkanes of at least 4 members (excludes halogenated alkanes) is 2. The van der Waals surface area contributed by atoms with E-state index in [0.29, 0.717) is 36.6 Å². The van der Waals surface area contributed by atoms with Gasteiger partial charge in [0.05, 0.1) is 19.9 Å². The van der Waals surface area contributed by atoms with Crippen LogP contribution in [0.3, 0.4) is 0 Å². The van der Waals surface area contributed by atoms with Gasteiger partial charge in [-0.2, -0.15) is 0 Å². The minimum Gasteiger partial charge on any atom is -0.497 e. The Balaban J connectivity index is 2.00. The van der Waals surface area contributed by atoms with Crippen LogP contribution in [0, 0.1) is 5.41 Å². The maximum Gasteiger partial charge on any atom is 0.240 e. The number of carbonyl (C=O) groups excluding carboxylic acids is 2. The largest absolute Gasteiger partial charge is 0.497 e. The number of ether oxygens (including phenoxy) is 2. The number of hydrogen-bond donors (Lipinski definition) is 2. The van der Waals surface area contributed by atoms with Gasteiger partial charge in [0.15, 0.2) is 0 Å². The van der Waals surface area contributed by atoms with Crippen molar-refractivity contribution in [3.8, 4) is 11.5 Å². The van der Waals surface area contributed by atoms with Crippen molar-refractivity contribution in [1.29, 1.82) is 0 Å². The molecule has 1 aliphatic carbocycles. The molecule has 0 aliphatic heterocycles. The molecule has 1 aliphatic rings. The van der Waals surface area contributed by atoms with Crippen molar-refractivity contribution in [2.45, 2.75) is 39.0 Å². The van der Waals surface area contributed by atoms with Gasteiger partial charge >= 0.3 is 0 Å². The molecule has 24 heavy (non-hydrogen) atoms. The number of hydrogen-bond acceptors (Lipinski definition) is 4.